The maximum atomic E-state index is 13.9. The third kappa shape index (κ3) is 4.24. The molecule has 186 valence electrons. The summed E-state index contributed by atoms with van der Waals surface area (Å²) in [6.07, 6.45) is 1.80. The number of benzene rings is 2. The van der Waals surface area contributed by atoms with Gasteiger partial charge < -0.3 is 14.2 Å². The van der Waals surface area contributed by atoms with Crippen LogP contribution in [0.1, 0.15) is 29.0 Å². The van der Waals surface area contributed by atoms with Crippen molar-refractivity contribution in [3.8, 4) is 11.5 Å². The molecular weight excluding hydrogens is 576 g/mol. The number of hydrogen-bond acceptors (Lipinski definition) is 8. The minimum Gasteiger partial charge on any atom is -0.463 e. The fraction of sp³-hybridized carbons (Fsp3) is 0.148. The number of carbonyl (C=O) groups excluding carboxylic acids is 1. The second kappa shape index (κ2) is 9.77. The van der Waals surface area contributed by atoms with Gasteiger partial charge in [0.1, 0.15) is 6.04 Å². The first-order valence-corrected chi connectivity index (χ1v) is 13.9. The lowest BCUT2D eigenvalue weighted by molar-refractivity contribution is -0.138. The van der Waals surface area contributed by atoms with Gasteiger partial charge >= 0.3 is 5.97 Å². The van der Waals surface area contributed by atoms with Crippen LogP contribution < -0.4 is 24.4 Å². The molecule has 4 aromatic rings. The zero-order chi connectivity index (χ0) is 25.5. The van der Waals surface area contributed by atoms with Crippen LogP contribution in [0, 0.1) is 0 Å². The maximum Gasteiger partial charge on any atom is 0.338 e. The summed E-state index contributed by atoms with van der Waals surface area (Å²) in [5, 5.41) is 1.93. The number of aromatic nitrogens is 1. The number of thiophene rings is 1. The maximum absolute atomic E-state index is 13.9. The Morgan fingerprint density at radius 3 is 2.70 bits per heavy atom. The van der Waals surface area contributed by atoms with Gasteiger partial charge in [0.15, 0.2) is 16.3 Å². The van der Waals surface area contributed by atoms with E-state index in [2.05, 4.69) is 15.9 Å². The zero-order valence-corrected chi connectivity index (χ0v) is 22.7. The number of hydrogen-bond donors (Lipinski definition) is 0. The van der Waals surface area contributed by atoms with E-state index in [0.29, 0.717) is 32.1 Å². The Bertz CT molecular complexity index is 1720. The van der Waals surface area contributed by atoms with Crippen molar-refractivity contribution < 1.29 is 19.0 Å². The van der Waals surface area contributed by atoms with Gasteiger partial charge in [-0.05, 0) is 42.1 Å². The molecule has 4 heterocycles. The molecule has 2 aliphatic rings. The van der Waals surface area contributed by atoms with Gasteiger partial charge in [0.2, 0.25) is 6.79 Å². The van der Waals surface area contributed by atoms with Crippen molar-refractivity contribution in [2.75, 3.05) is 13.4 Å². The quantitative estimate of drug-likeness (QED) is 0.318. The van der Waals surface area contributed by atoms with Gasteiger partial charge in [0.05, 0.1) is 22.4 Å². The van der Waals surface area contributed by atoms with Crippen molar-refractivity contribution in [1.82, 2.24) is 4.57 Å². The van der Waals surface area contributed by atoms with E-state index >= 15 is 0 Å². The summed E-state index contributed by atoms with van der Waals surface area (Å²) >= 11 is 6.33. The number of nitrogens with zero attached hydrogens (tertiary/aromatic N) is 2. The predicted molar refractivity (Wildman–Crippen MR) is 146 cm³/mol. The summed E-state index contributed by atoms with van der Waals surface area (Å²) < 4.78 is 19.3. The van der Waals surface area contributed by atoms with Gasteiger partial charge in [-0.1, -0.05) is 63.7 Å². The fourth-order valence-electron chi connectivity index (χ4n) is 4.34. The smallest absolute Gasteiger partial charge is 0.338 e. The first kappa shape index (κ1) is 23.9. The Kier molecular flexibility index (Phi) is 6.31. The van der Waals surface area contributed by atoms with Crippen molar-refractivity contribution in [3.63, 3.8) is 0 Å². The molecular formula is C27H19BrN2O5S2. The standard InChI is InChI=1S/C27H19BrN2O5S2/c1-2-33-26(32)22-23(15-7-4-3-5-8-15)29-27-30(24(22)20-9-6-10-36-20)25(31)21(37-27)12-16-11-18-19(13-17(16)28)35-14-34-18/h3-13,24H,2,14H2,1H3/b21-12-. The van der Waals surface area contributed by atoms with Crippen LogP contribution in [0.15, 0.2) is 79.8 Å². The van der Waals surface area contributed by atoms with Gasteiger partial charge in [0.25, 0.3) is 5.56 Å². The molecule has 0 spiro atoms. The molecule has 0 bridgehead atoms. The Balaban J connectivity index is 1.61. The molecule has 0 aliphatic carbocycles. The molecule has 0 fully saturated rings. The van der Waals surface area contributed by atoms with Crippen LogP contribution in [0.4, 0.5) is 0 Å². The average Bonchev–Trinajstić information content (AvgIpc) is 3.65. The third-order valence-corrected chi connectivity index (χ3v) is 8.56. The highest BCUT2D eigenvalue weighted by Crippen LogP contribution is 2.38. The number of halogens is 1. The second-order valence-electron chi connectivity index (χ2n) is 8.17. The highest BCUT2D eigenvalue weighted by molar-refractivity contribution is 9.10. The molecule has 0 amide bonds. The van der Waals surface area contributed by atoms with Crippen LogP contribution in [0.25, 0.3) is 11.8 Å². The first-order chi connectivity index (χ1) is 18.0. The topological polar surface area (TPSA) is 79.1 Å². The minimum atomic E-state index is -0.659. The minimum absolute atomic E-state index is 0.160. The van der Waals surface area contributed by atoms with Crippen LogP contribution in [-0.2, 0) is 9.53 Å². The number of carbonyl (C=O) groups is 1. The molecule has 0 N–H and O–H groups in total. The number of ether oxygens (including phenoxy) is 3. The Morgan fingerprint density at radius 2 is 1.97 bits per heavy atom. The highest BCUT2D eigenvalue weighted by Gasteiger charge is 2.35. The lowest BCUT2D eigenvalue weighted by Crippen LogP contribution is -2.39. The largest absolute Gasteiger partial charge is 0.463 e. The van der Waals surface area contributed by atoms with E-state index in [9.17, 15) is 9.59 Å². The summed E-state index contributed by atoms with van der Waals surface area (Å²) in [5.41, 5.74) is 2.17. The van der Waals surface area contributed by atoms with Crippen LogP contribution in [0.3, 0.4) is 0 Å². The normalized spacial score (nSPS) is 16.5. The zero-order valence-electron chi connectivity index (χ0n) is 19.5. The van der Waals surface area contributed by atoms with E-state index in [1.165, 1.54) is 22.7 Å². The molecule has 0 saturated carbocycles. The van der Waals surface area contributed by atoms with E-state index in [-0.39, 0.29) is 19.0 Å². The molecule has 2 aromatic carbocycles. The van der Waals surface area contributed by atoms with E-state index in [1.54, 1.807) is 17.6 Å². The lowest BCUT2D eigenvalue weighted by Gasteiger charge is -2.24. The van der Waals surface area contributed by atoms with Gasteiger partial charge in [-0.2, -0.15) is 0 Å². The van der Waals surface area contributed by atoms with Gasteiger partial charge in [-0.25, -0.2) is 9.79 Å². The van der Waals surface area contributed by atoms with Crippen molar-refractivity contribution in [3.05, 3.63) is 106 Å². The molecule has 0 saturated heterocycles. The van der Waals surface area contributed by atoms with Gasteiger partial charge in [-0.15, -0.1) is 11.3 Å². The second-order valence-corrected chi connectivity index (χ2v) is 11.0. The number of fused-ring (bicyclic) bond motifs is 2. The van der Waals surface area contributed by atoms with E-state index < -0.39 is 12.0 Å². The average molecular weight is 595 g/mol. The first-order valence-electron chi connectivity index (χ1n) is 11.5. The van der Waals surface area contributed by atoms with Crippen molar-refractivity contribution >= 4 is 56.3 Å². The van der Waals surface area contributed by atoms with Gasteiger partial charge in [0, 0.05) is 14.9 Å². The lowest BCUT2D eigenvalue weighted by atomic mass is 9.97. The number of thiazole rings is 1. The predicted octanol–water partition coefficient (Wildman–Crippen LogP) is 4.49. The molecule has 0 radical (unpaired) electrons. The molecule has 2 aromatic heterocycles. The molecule has 10 heteroatoms. The SMILES string of the molecule is CCOC(=O)C1=C(c2ccccc2)N=c2s/c(=C\c3cc4c(cc3Br)OCO4)c(=O)n2C1c1cccs1. The van der Waals surface area contributed by atoms with E-state index in [1.807, 2.05) is 60.0 Å². The Hall–Kier alpha value is -3.47. The molecule has 7 nitrogen and oxygen atoms in total. The van der Waals surface area contributed by atoms with Gasteiger partial charge in [-0.3, -0.25) is 9.36 Å². The van der Waals surface area contributed by atoms with E-state index in [4.69, 9.17) is 19.2 Å². The van der Waals surface area contributed by atoms with Crippen LogP contribution in [0.5, 0.6) is 11.5 Å². The Morgan fingerprint density at radius 1 is 1.19 bits per heavy atom. The van der Waals surface area contributed by atoms with Crippen LogP contribution >= 0.6 is 38.6 Å². The highest BCUT2D eigenvalue weighted by atomic mass is 79.9. The summed E-state index contributed by atoms with van der Waals surface area (Å²) in [6, 6.07) is 16.3. The molecule has 1 atom stereocenters. The van der Waals surface area contributed by atoms with E-state index in [0.717, 1.165) is 20.5 Å². The summed E-state index contributed by atoms with van der Waals surface area (Å²) in [6.45, 7) is 2.14. The summed E-state index contributed by atoms with van der Waals surface area (Å²) in [5.74, 6) is 0.778. The third-order valence-electron chi connectivity index (χ3n) is 5.96. The van der Waals surface area contributed by atoms with Crippen molar-refractivity contribution in [2.24, 2.45) is 4.99 Å². The van der Waals surface area contributed by atoms with Crippen molar-refractivity contribution in [2.45, 2.75) is 13.0 Å². The number of esters is 1. The van der Waals surface area contributed by atoms with Crippen LogP contribution in [0.2, 0.25) is 0 Å². The molecule has 2 aliphatic heterocycles. The summed E-state index contributed by atoms with van der Waals surface area (Å²) in [4.78, 5) is 33.5. The fourth-order valence-corrected chi connectivity index (χ4v) is 6.59. The van der Waals surface area contributed by atoms with Crippen LogP contribution in [-0.4, -0.2) is 23.9 Å². The number of rotatable bonds is 5. The molecule has 1 unspecified atom stereocenters. The Labute approximate surface area is 227 Å². The molecule has 6 rings (SSSR count). The summed E-state index contributed by atoms with van der Waals surface area (Å²) in [7, 11) is 0. The monoisotopic (exact) mass is 594 g/mol. The van der Waals surface area contributed by atoms with Crippen molar-refractivity contribution in [1.29, 1.82) is 0 Å². The molecule has 37 heavy (non-hydrogen) atoms.